The lowest BCUT2D eigenvalue weighted by Crippen LogP contribution is -2.36. The van der Waals surface area contributed by atoms with Gasteiger partial charge in [-0.2, -0.15) is 4.63 Å². The predicted molar refractivity (Wildman–Crippen MR) is 134 cm³/mol. The van der Waals surface area contributed by atoms with Gasteiger partial charge in [0.1, 0.15) is 10.8 Å². The number of hydrogen-bond acceptors (Lipinski definition) is 4. The number of aromatic nitrogens is 4. The fourth-order valence-corrected chi connectivity index (χ4v) is 3.58. The molecule has 2 heterocycles. The van der Waals surface area contributed by atoms with Crippen LogP contribution in [0, 0.1) is 20.8 Å². The monoisotopic (exact) mass is 475 g/mol. The second kappa shape index (κ2) is 12.6. The number of nitrogens with one attached hydrogen (secondary N) is 2. The molecule has 182 valence electrons. The number of nitrogens with zero attached hydrogens (tertiary/aromatic N) is 3. The van der Waals surface area contributed by atoms with E-state index in [2.05, 4.69) is 54.3 Å². The summed E-state index contributed by atoms with van der Waals surface area (Å²) in [6.45, 7) is 12.2. The lowest BCUT2D eigenvalue weighted by atomic mass is 10.1. The van der Waals surface area contributed by atoms with Gasteiger partial charge in [-0.25, -0.2) is 4.98 Å². The summed E-state index contributed by atoms with van der Waals surface area (Å²) in [5, 5.41) is 10.6. The highest BCUT2D eigenvalue weighted by Crippen LogP contribution is 2.22. The molecule has 2 N–H and O–H groups in total. The molecule has 0 spiro atoms. The number of aryl methyl sites for hydroxylation is 3. The van der Waals surface area contributed by atoms with Gasteiger partial charge in [-0.05, 0) is 45.2 Å². The molecule has 0 saturated carbocycles. The van der Waals surface area contributed by atoms with Crippen molar-refractivity contribution in [2.24, 2.45) is 0 Å². The summed E-state index contributed by atoms with van der Waals surface area (Å²) in [5.41, 5.74) is 3.89. The molecular formula is C25H38ClN5O2. The summed E-state index contributed by atoms with van der Waals surface area (Å²) in [6, 6.07) is 6.04. The second-order valence-electron chi connectivity index (χ2n) is 8.75. The van der Waals surface area contributed by atoms with E-state index >= 15 is 0 Å². The minimum atomic E-state index is -0.390. The minimum Gasteiger partial charge on any atom is -0.480 e. The number of amides is 1. The van der Waals surface area contributed by atoms with Crippen LogP contribution in [0.2, 0.25) is 5.02 Å². The quantitative estimate of drug-likeness (QED) is 0.377. The molecule has 0 fully saturated rings. The summed E-state index contributed by atoms with van der Waals surface area (Å²) in [4.78, 5) is 16.2. The number of aromatic amines is 1. The number of hydrogen-bond donors (Lipinski definition) is 2. The molecule has 1 amide bonds. The van der Waals surface area contributed by atoms with E-state index < -0.39 is 6.10 Å². The normalized spacial score (nSPS) is 11.9. The smallest absolute Gasteiger partial charge is 0.260 e. The Bertz CT molecular complexity index is 1040. The van der Waals surface area contributed by atoms with Gasteiger partial charge >= 0.3 is 0 Å². The van der Waals surface area contributed by atoms with Crippen LogP contribution in [0.4, 0.5) is 0 Å². The van der Waals surface area contributed by atoms with Gasteiger partial charge in [0.05, 0.1) is 5.69 Å². The van der Waals surface area contributed by atoms with E-state index in [1.54, 1.807) is 11.7 Å². The highest BCUT2D eigenvalue weighted by molar-refractivity contribution is 6.34. The lowest BCUT2D eigenvalue weighted by molar-refractivity contribution is -0.127. The molecule has 0 aliphatic rings. The fourth-order valence-electron chi connectivity index (χ4n) is 3.41. The summed E-state index contributed by atoms with van der Waals surface area (Å²) >= 11 is 6.01. The molecule has 3 aromatic rings. The number of benzene rings is 1. The van der Waals surface area contributed by atoms with Crippen LogP contribution in [0.1, 0.15) is 81.4 Å². The summed E-state index contributed by atoms with van der Waals surface area (Å²) in [7, 11) is 1.66. The van der Waals surface area contributed by atoms with Crippen molar-refractivity contribution in [3.8, 4) is 5.75 Å². The fraction of sp³-hybridized carbons (Fsp3) is 0.560. The van der Waals surface area contributed by atoms with Crippen LogP contribution in [-0.4, -0.2) is 38.9 Å². The molecule has 0 aliphatic carbocycles. The van der Waals surface area contributed by atoms with E-state index in [4.69, 9.17) is 16.3 Å². The van der Waals surface area contributed by atoms with Gasteiger partial charge in [0.2, 0.25) is 0 Å². The Labute approximate surface area is 202 Å². The maximum atomic E-state index is 11.9. The molecular weight excluding hydrogens is 438 g/mol. The van der Waals surface area contributed by atoms with Gasteiger partial charge in [-0.3, -0.25) is 9.89 Å². The van der Waals surface area contributed by atoms with Crippen LogP contribution < -0.4 is 10.1 Å². The highest BCUT2D eigenvalue weighted by Gasteiger charge is 2.19. The topological polar surface area (TPSA) is 84.3 Å². The average Bonchev–Trinajstić information content (AvgIpc) is 3.31. The van der Waals surface area contributed by atoms with Crippen LogP contribution >= 0.6 is 11.6 Å². The number of carbonyl (C=O) groups is 1. The van der Waals surface area contributed by atoms with Crippen molar-refractivity contribution in [2.45, 2.75) is 85.7 Å². The van der Waals surface area contributed by atoms with Gasteiger partial charge in [0, 0.05) is 13.0 Å². The molecule has 3 rings (SSSR count). The molecule has 1 atom stereocenters. The molecule has 0 saturated heterocycles. The molecule has 2 aromatic heterocycles. The standard InChI is InChI=1S/C17H27NO2.C8H11ClN4/c1-5-6-7-8-9-16(17(19)18-4)20-15-11-10-13(2)12-14(15)3;1-4(2)7-10-8-6(9)5(3)11-13(8)12-7/h10-12,16H,5-9H2,1-4H3,(H,18,19);4,11H,1-3H3. The second-order valence-corrected chi connectivity index (χ2v) is 9.13. The summed E-state index contributed by atoms with van der Waals surface area (Å²) in [6.07, 6.45) is 4.97. The van der Waals surface area contributed by atoms with Crippen LogP contribution in [0.15, 0.2) is 18.2 Å². The van der Waals surface area contributed by atoms with E-state index in [0.29, 0.717) is 16.6 Å². The molecule has 8 heteroatoms. The largest absolute Gasteiger partial charge is 0.480 e. The Morgan fingerprint density at radius 3 is 2.52 bits per heavy atom. The summed E-state index contributed by atoms with van der Waals surface area (Å²) in [5.74, 6) is 1.90. The predicted octanol–water partition coefficient (Wildman–Crippen LogP) is 5.91. The zero-order valence-corrected chi connectivity index (χ0v) is 21.7. The number of ether oxygens (including phenoxy) is 1. The number of halogens is 1. The molecule has 0 bridgehead atoms. The average molecular weight is 476 g/mol. The van der Waals surface area contributed by atoms with Crippen molar-refractivity contribution in [3.63, 3.8) is 0 Å². The Morgan fingerprint density at radius 2 is 1.94 bits per heavy atom. The van der Waals surface area contributed by atoms with Crippen molar-refractivity contribution in [1.82, 2.24) is 25.1 Å². The number of unbranched alkanes of at least 4 members (excludes halogenated alkanes) is 3. The van der Waals surface area contributed by atoms with Gasteiger partial charge in [-0.15, -0.1) is 5.10 Å². The van der Waals surface area contributed by atoms with Crippen LogP contribution in [0.25, 0.3) is 5.65 Å². The van der Waals surface area contributed by atoms with Gasteiger partial charge in [-0.1, -0.05) is 69.3 Å². The Balaban J connectivity index is 0.000000254. The third-order valence-electron chi connectivity index (χ3n) is 5.40. The van der Waals surface area contributed by atoms with E-state index in [1.807, 2.05) is 26.0 Å². The number of likely N-dealkylation sites (N-methyl/N-ethyl adjacent to an activating group) is 1. The first kappa shape index (κ1) is 26.7. The maximum absolute atomic E-state index is 11.9. The highest BCUT2D eigenvalue weighted by atomic mass is 35.5. The van der Waals surface area contributed by atoms with Crippen LogP contribution in [-0.2, 0) is 4.79 Å². The minimum absolute atomic E-state index is 0.0403. The zero-order chi connectivity index (χ0) is 24.5. The van der Waals surface area contributed by atoms with E-state index in [1.165, 1.54) is 18.4 Å². The summed E-state index contributed by atoms with van der Waals surface area (Å²) < 4.78 is 7.54. The first-order valence-corrected chi connectivity index (χ1v) is 12.1. The molecule has 33 heavy (non-hydrogen) atoms. The number of H-pyrrole nitrogens is 1. The first-order chi connectivity index (χ1) is 15.7. The Kier molecular flexibility index (Phi) is 10.2. The van der Waals surface area contributed by atoms with Gasteiger partial charge in [0.15, 0.2) is 17.6 Å². The third kappa shape index (κ3) is 7.49. The maximum Gasteiger partial charge on any atom is 0.260 e. The molecule has 1 unspecified atom stereocenters. The van der Waals surface area contributed by atoms with Crippen molar-refractivity contribution in [2.75, 3.05) is 7.05 Å². The van der Waals surface area contributed by atoms with Crippen molar-refractivity contribution < 1.29 is 9.53 Å². The van der Waals surface area contributed by atoms with Gasteiger partial charge < -0.3 is 10.1 Å². The molecule has 7 nitrogen and oxygen atoms in total. The number of carbonyl (C=O) groups excluding carboxylic acids is 1. The SMILES string of the molecule is CCCCCCC(Oc1ccc(C)cc1C)C(=O)NC.Cc1[nH]n2nc(C(C)C)nc2c1Cl. The first-order valence-electron chi connectivity index (χ1n) is 11.7. The molecule has 0 radical (unpaired) electrons. The van der Waals surface area contributed by atoms with Crippen molar-refractivity contribution in [3.05, 3.63) is 45.9 Å². The van der Waals surface area contributed by atoms with E-state index in [-0.39, 0.29) is 5.91 Å². The van der Waals surface area contributed by atoms with E-state index in [9.17, 15) is 4.79 Å². The molecule has 0 aliphatic heterocycles. The van der Waals surface area contributed by atoms with Crippen LogP contribution in [0.3, 0.4) is 0 Å². The van der Waals surface area contributed by atoms with Crippen molar-refractivity contribution >= 4 is 23.2 Å². The third-order valence-corrected chi connectivity index (χ3v) is 5.85. The zero-order valence-electron chi connectivity index (χ0n) is 21.0. The van der Waals surface area contributed by atoms with Crippen molar-refractivity contribution in [1.29, 1.82) is 0 Å². The number of rotatable bonds is 9. The Hall–Kier alpha value is -2.54. The van der Waals surface area contributed by atoms with Gasteiger partial charge in [0.25, 0.3) is 5.91 Å². The molecule has 1 aromatic carbocycles. The Morgan fingerprint density at radius 1 is 1.21 bits per heavy atom. The van der Waals surface area contributed by atoms with E-state index in [0.717, 1.165) is 42.1 Å². The van der Waals surface area contributed by atoms with Crippen LogP contribution in [0.5, 0.6) is 5.75 Å². The number of fused-ring (bicyclic) bond motifs is 1. The lowest BCUT2D eigenvalue weighted by Gasteiger charge is -2.19.